The lowest BCUT2D eigenvalue weighted by atomic mass is 10.2. The second-order valence-electron chi connectivity index (χ2n) is 6.61. The van der Waals surface area contributed by atoms with E-state index in [9.17, 15) is 0 Å². The topological polar surface area (TPSA) is 53.4 Å². The number of nitrogens with one attached hydrogen (secondary N) is 1. The standard InChI is InChI=1S/C23H27N5/c1-5-28(6-2)21-14-12-19(13-15-21)16-24-27-22-17(3)18(4)25-23(26-22)20-10-8-7-9-11-20/h7-16H,5-6H2,1-4H3,(H,25,26,27)/b24-16+. The molecule has 144 valence electrons. The molecule has 0 spiro atoms. The van der Waals surface area contributed by atoms with Crippen molar-refractivity contribution in [3.05, 3.63) is 71.4 Å². The van der Waals surface area contributed by atoms with E-state index in [1.165, 1.54) is 5.69 Å². The third kappa shape index (κ3) is 4.55. The van der Waals surface area contributed by atoms with Gasteiger partial charge in [0.15, 0.2) is 11.6 Å². The fourth-order valence-corrected chi connectivity index (χ4v) is 2.98. The molecule has 0 saturated heterocycles. The second-order valence-corrected chi connectivity index (χ2v) is 6.61. The third-order valence-electron chi connectivity index (χ3n) is 4.83. The highest BCUT2D eigenvalue weighted by atomic mass is 15.3. The van der Waals surface area contributed by atoms with Gasteiger partial charge in [0, 0.05) is 35.6 Å². The molecular weight excluding hydrogens is 346 g/mol. The first-order chi connectivity index (χ1) is 13.6. The molecule has 0 aliphatic rings. The lowest BCUT2D eigenvalue weighted by molar-refractivity contribution is 0.866. The fourth-order valence-electron chi connectivity index (χ4n) is 2.98. The van der Waals surface area contributed by atoms with Crippen LogP contribution < -0.4 is 10.3 Å². The maximum atomic E-state index is 4.65. The van der Waals surface area contributed by atoms with Crippen LogP contribution in [-0.4, -0.2) is 29.3 Å². The number of hydrazone groups is 1. The van der Waals surface area contributed by atoms with Gasteiger partial charge in [-0.3, -0.25) is 5.43 Å². The summed E-state index contributed by atoms with van der Waals surface area (Å²) in [4.78, 5) is 11.6. The predicted octanol–water partition coefficient (Wildman–Crippen LogP) is 5.05. The van der Waals surface area contributed by atoms with Gasteiger partial charge in [0.1, 0.15) is 0 Å². The minimum absolute atomic E-state index is 0.699. The molecular formula is C23H27N5. The predicted molar refractivity (Wildman–Crippen MR) is 118 cm³/mol. The molecule has 0 aliphatic carbocycles. The summed E-state index contributed by atoms with van der Waals surface area (Å²) in [5.74, 6) is 1.42. The molecule has 3 aromatic rings. The lowest BCUT2D eigenvalue weighted by Gasteiger charge is -2.20. The van der Waals surface area contributed by atoms with Gasteiger partial charge in [-0.1, -0.05) is 42.5 Å². The van der Waals surface area contributed by atoms with Crippen LogP contribution in [0.1, 0.15) is 30.7 Å². The summed E-state index contributed by atoms with van der Waals surface area (Å²) in [6.07, 6.45) is 1.81. The van der Waals surface area contributed by atoms with Crippen molar-refractivity contribution in [2.75, 3.05) is 23.4 Å². The molecule has 3 rings (SSSR count). The van der Waals surface area contributed by atoms with Gasteiger partial charge >= 0.3 is 0 Å². The number of hydrogen-bond donors (Lipinski definition) is 1. The Morgan fingerprint density at radius 2 is 1.61 bits per heavy atom. The number of aromatic nitrogens is 2. The van der Waals surface area contributed by atoms with Gasteiger partial charge in [0.05, 0.1) is 6.21 Å². The van der Waals surface area contributed by atoms with Crippen LogP contribution >= 0.6 is 0 Å². The van der Waals surface area contributed by atoms with E-state index in [0.717, 1.165) is 41.3 Å². The number of hydrogen-bond acceptors (Lipinski definition) is 5. The summed E-state index contributed by atoms with van der Waals surface area (Å²) in [5.41, 5.74) is 8.27. The van der Waals surface area contributed by atoms with E-state index in [-0.39, 0.29) is 0 Å². The SMILES string of the molecule is CCN(CC)c1ccc(/C=N/Nc2nc(-c3ccccc3)nc(C)c2C)cc1. The highest BCUT2D eigenvalue weighted by Gasteiger charge is 2.09. The molecule has 5 nitrogen and oxygen atoms in total. The molecule has 2 aromatic carbocycles. The molecule has 0 bridgehead atoms. The van der Waals surface area contributed by atoms with Gasteiger partial charge in [-0.2, -0.15) is 5.10 Å². The van der Waals surface area contributed by atoms with Gasteiger partial charge in [-0.25, -0.2) is 9.97 Å². The summed E-state index contributed by atoms with van der Waals surface area (Å²) in [6, 6.07) is 18.4. The summed E-state index contributed by atoms with van der Waals surface area (Å²) in [5, 5.41) is 4.38. The van der Waals surface area contributed by atoms with E-state index >= 15 is 0 Å². The summed E-state index contributed by atoms with van der Waals surface area (Å²) >= 11 is 0. The molecule has 1 N–H and O–H groups in total. The van der Waals surface area contributed by atoms with Crippen molar-refractivity contribution in [1.29, 1.82) is 0 Å². The highest BCUT2D eigenvalue weighted by molar-refractivity contribution is 5.81. The van der Waals surface area contributed by atoms with E-state index in [1.54, 1.807) is 0 Å². The zero-order chi connectivity index (χ0) is 19.9. The van der Waals surface area contributed by atoms with E-state index < -0.39 is 0 Å². The zero-order valence-corrected chi connectivity index (χ0v) is 17.0. The highest BCUT2D eigenvalue weighted by Crippen LogP contribution is 2.21. The Morgan fingerprint density at radius 1 is 0.929 bits per heavy atom. The zero-order valence-electron chi connectivity index (χ0n) is 17.0. The van der Waals surface area contributed by atoms with Crippen LogP contribution in [-0.2, 0) is 0 Å². The number of aryl methyl sites for hydroxylation is 1. The number of nitrogens with zero attached hydrogens (tertiary/aromatic N) is 4. The molecule has 0 saturated carbocycles. The molecule has 5 heteroatoms. The maximum Gasteiger partial charge on any atom is 0.161 e. The van der Waals surface area contributed by atoms with Gasteiger partial charge in [0.2, 0.25) is 0 Å². The largest absolute Gasteiger partial charge is 0.372 e. The van der Waals surface area contributed by atoms with Crippen molar-refractivity contribution in [2.45, 2.75) is 27.7 Å². The number of benzene rings is 2. The Balaban J connectivity index is 1.76. The Bertz CT molecular complexity index is 929. The molecule has 0 radical (unpaired) electrons. The van der Waals surface area contributed by atoms with Crippen LogP contribution in [0.2, 0.25) is 0 Å². The Kier molecular flexibility index (Phi) is 6.37. The monoisotopic (exact) mass is 373 g/mol. The first-order valence-corrected chi connectivity index (χ1v) is 9.67. The van der Waals surface area contributed by atoms with E-state index in [1.807, 2.05) is 50.4 Å². The fraction of sp³-hybridized carbons (Fsp3) is 0.261. The first kappa shape index (κ1) is 19.5. The van der Waals surface area contributed by atoms with Crippen LogP contribution in [0.4, 0.5) is 11.5 Å². The van der Waals surface area contributed by atoms with Gasteiger partial charge < -0.3 is 4.90 Å². The van der Waals surface area contributed by atoms with Gasteiger partial charge in [0.25, 0.3) is 0 Å². The van der Waals surface area contributed by atoms with Gasteiger partial charge in [-0.05, 0) is 45.4 Å². The summed E-state index contributed by atoms with van der Waals surface area (Å²) in [6.45, 7) is 10.3. The summed E-state index contributed by atoms with van der Waals surface area (Å²) in [7, 11) is 0. The van der Waals surface area contributed by atoms with Crippen LogP contribution in [0.15, 0.2) is 59.7 Å². The average Bonchev–Trinajstić information content (AvgIpc) is 2.73. The van der Waals surface area contributed by atoms with Crippen molar-refractivity contribution in [1.82, 2.24) is 9.97 Å². The smallest absolute Gasteiger partial charge is 0.161 e. The minimum Gasteiger partial charge on any atom is -0.372 e. The van der Waals surface area contributed by atoms with Crippen molar-refractivity contribution < 1.29 is 0 Å². The molecule has 0 amide bonds. The van der Waals surface area contributed by atoms with Crippen molar-refractivity contribution in [3.8, 4) is 11.4 Å². The first-order valence-electron chi connectivity index (χ1n) is 9.67. The van der Waals surface area contributed by atoms with Crippen molar-refractivity contribution in [3.63, 3.8) is 0 Å². The normalized spacial score (nSPS) is 11.0. The van der Waals surface area contributed by atoms with E-state index in [2.05, 4.69) is 63.5 Å². The van der Waals surface area contributed by atoms with Crippen molar-refractivity contribution in [2.24, 2.45) is 5.10 Å². The Labute approximate surface area is 167 Å². The van der Waals surface area contributed by atoms with Crippen LogP contribution in [0.3, 0.4) is 0 Å². The van der Waals surface area contributed by atoms with E-state index in [4.69, 9.17) is 0 Å². The number of anilines is 2. The van der Waals surface area contributed by atoms with Crippen LogP contribution in [0.5, 0.6) is 0 Å². The lowest BCUT2D eigenvalue weighted by Crippen LogP contribution is -2.21. The van der Waals surface area contributed by atoms with E-state index in [0.29, 0.717) is 5.82 Å². The average molecular weight is 374 g/mol. The molecule has 0 fully saturated rings. The Hall–Kier alpha value is -3.21. The maximum absolute atomic E-state index is 4.65. The number of rotatable bonds is 7. The quantitative estimate of drug-likeness (QED) is 0.465. The molecule has 1 aromatic heterocycles. The van der Waals surface area contributed by atoms with Crippen LogP contribution in [0.25, 0.3) is 11.4 Å². The molecule has 0 atom stereocenters. The minimum atomic E-state index is 0.699. The van der Waals surface area contributed by atoms with Gasteiger partial charge in [-0.15, -0.1) is 0 Å². The molecule has 1 heterocycles. The van der Waals surface area contributed by atoms with Crippen LogP contribution in [0, 0.1) is 13.8 Å². The molecule has 28 heavy (non-hydrogen) atoms. The molecule has 0 unspecified atom stereocenters. The Morgan fingerprint density at radius 3 is 2.25 bits per heavy atom. The second kappa shape index (κ2) is 9.13. The molecule has 0 aliphatic heterocycles. The van der Waals surface area contributed by atoms with Crippen molar-refractivity contribution >= 4 is 17.7 Å². The summed E-state index contributed by atoms with van der Waals surface area (Å²) < 4.78 is 0. The third-order valence-corrected chi connectivity index (χ3v) is 4.83.